The molecule has 4 nitrogen and oxygen atoms in total. The van der Waals surface area contributed by atoms with Crippen molar-refractivity contribution in [2.24, 2.45) is 0 Å². The summed E-state index contributed by atoms with van der Waals surface area (Å²) in [6, 6.07) is 10.2. The van der Waals surface area contributed by atoms with Gasteiger partial charge in [-0.15, -0.1) is 0 Å². The summed E-state index contributed by atoms with van der Waals surface area (Å²) in [7, 11) is 1.68. The van der Waals surface area contributed by atoms with Crippen LogP contribution in [0.5, 0.6) is 0 Å². The molecule has 1 aliphatic rings. The molecular weight excluding hydrogens is 252 g/mol. The number of carbonyl (C=O) groups excluding carboxylic acids is 1. The van der Waals surface area contributed by atoms with E-state index in [4.69, 9.17) is 4.74 Å². The lowest BCUT2D eigenvalue weighted by atomic mass is 10.1. The normalized spacial score (nSPS) is 22.2. The molecule has 108 valence electrons. The molecule has 1 fully saturated rings. The monoisotopic (exact) mass is 274 g/mol. The summed E-state index contributed by atoms with van der Waals surface area (Å²) in [6.07, 6.45) is 5.42. The van der Waals surface area contributed by atoms with Gasteiger partial charge in [0.15, 0.2) is 0 Å². The molecule has 2 atom stereocenters. The average Bonchev–Trinajstić information content (AvgIpc) is 2.92. The minimum Gasteiger partial charge on any atom is -0.378 e. The SMILES string of the molecule is COC1CNCC1NC(=O)CCC=Cc1ccccc1. The van der Waals surface area contributed by atoms with E-state index in [-0.39, 0.29) is 18.1 Å². The van der Waals surface area contributed by atoms with E-state index in [2.05, 4.69) is 10.6 Å². The maximum atomic E-state index is 11.8. The predicted molar refractivity (Wildman–Crippen MR) is 80.3 cm³/mol. The molecule has 1 saturated heterocycles. The van der Waals surface area contributed by atoms with Crippen molar-refractivity contribution in [1.29, 1.82) is 0 Å². The van der Waals surface area contributed by atoms with Crippen LogP contribution in [0.2, 0.25) is 0 Å². The molecule has 4 heteroatoms. The number of hydrogen-bond acceptors (Lipinski definition) is 3. The lowest BCUT2D eigenvalue weighted by Crippen LogP contribution is -2.43. The van der Waals surface area contributed by atoms with Crippen LogP contribution in [0, 0.1) is 0 Å². The number of allylic oxidation sites excluding steroid dienone is 1. The maximum Gasteiger partial charge on any atom is 0.220 e. The quantitative estimate of drug-likeness (QED) is 0.828. The highest BCUT2D eigenvalue weighted by Gasteiger charge is 2.27. The molecule has 0 bridgehead atoms. The van der Waals surface area contributed by atoms with Gasteiger partial charge in [0.1, 0.15) is 0 Å². The molecule has 1 amide bonds. The van der Waals surface area contributed by atoms with Crippen molar-refractivity contribution in [3.8, 4) is 0 Å². The molecule has 20 heavy (non-hydrogen) atoms. The summed E-state index contributed by atoms with van der Waals surface area (Å²) in [5.41, 5.74) is 1.16. The minimum absolute atomic E-state index is 0.0819. The molecule has 2 unspecified atom stereocenters. The van der Waals surface area contributed by atoms with Crippen molar-refractivity contribution < 1.29 is 9.53 Å². The van der Waals surface area contributed by atoms with Gasteiger partial charge in [-0.25, -0.2) is 0 Å². The lowest BCUT2D eigenvalue weighted by molar-refractivity contribution is -0.122. The number of benzene rings is 1. The highest BCUT2D eigenvalue weighted by molar-refractivity contribution is 5.76. The van der Waals surface area contributed by atoms with Crippen LogP contribution in [0.25, 0.3) is 6.08 Å². The first-order chi connectivity index (χ1) is 9.79. The average molecular weight is 274 g/mol. The van der Waals surface area contributed by atoms with Crippen LogP contribution in [0.15, 0.2) is 36.4 Å². The Hall–Kier alpha value is -1.65. The van der Waals surface area contributed by atoms with Crippen LogP contribution in [-0.2, 0) is 9.53 Å². The van der Waals surface area contributed by atoms with Gasteiger partial charge < -0.3 is 15.4 Å². The minimum atomic E-state index is 0.0819. The molecule has 1 aromatic carbocycles. The Morgan fingerprint density at radius 3 is 2.95 bits per heavy atom. The Labute approximate surface area is 120 Å². The molecule has 0 saturated carbocycles. The molecule has 2 N–H and O–H groups in total. The Balaban J connectivity index is 1.69. The smallest absolute Gasteiger partial charge is 0.220 e. The number of amides is 1. The number of ether oxygens (including phenoxy) is 1. The second-order valence-electron chi connectivity index (χ2n) is 4.96. The Kier molecular flexibility index (Phi) is 5.77. The first-order valence-corrected chi connectivity index (χ1v) is 7.04. The highest BCUT2D eigenvalue weighted by atomic mass is 16.5. The number of rotatable bonds is 6. The third kappa shape index (κ3) is 4.47. The van der Waals surface area contributed by atoms with Crippen molar-refractivity contribution in [1.82, 2.24) is 10.6 Å². The fourth-order valence-electron chi connectivity index (χ4n) is 2.32. The predicted octanol–water partition coefficient (Wildman–Crippen LogP) is 1.58. The third-order valence-corrected chi connectivity index (χ3v) is 3.46. The zero-order valence-electron chi connectivity index (χ0n) is 11.8. The number of carbonyl (C=O) groups is 1. The van der Waals surface area contributed by atoms with E-state index in [0.717, 1.165) is 25.1 Å². The zero-order valence-corrected chi connectivity index (χ0v) is 11.8. The summed E-state index contributed by atoms with van der Waals surface area (Å²) in [5, 5.41) is 6.23. The van der Waals surface area contributed by atoms with Crippen molar-refractivity contribution in [3.63, 3.8) is 0 Å². The molecule has 0 spiro atoms. The van der Waals surface area contributed by atoms with Crippen LogP contribution < -0.4 is 10.6 Å². The van der Waals surface area contributed by atoms with Crippen molar-refractivity contribution in [2.45, 2.75) is 25.0 Å². The van der Waals surface area contributed by atoms with Crippen LogP contribution in [0.3, 0.4) is 0 Å². The molecule has 0 aliphatic carbocycles. The standard InChI is InChI=1S/C16H22N2O2/c1-20-15-12-17-11-14(15)18-16(19)10-6-5-9-13-7-3-2-4-8-13/h2-5,7-9,14-15,17H,6,10-12H2,1H3,(H,18,19). The van der Waals surface area contributed by atoms with Gasteiger partial charge in [0, 0.05) is 26.6 Å². The zero-order chi connectivity index (χ0) is 14.2. The second-order valence-corrected chi connectivity index (χ2v) is 4.96. The summed E-state index contributed by atoms with van der Waals surface area (Å²) in [5.74, 6) is 0.0819. The molecular formula is C16H22N2O2. The Morgan fingerprint density at radius 1 is 1.40 bits per heavy atom. The van der Waals surface area contributed by atoms with Gasteiger partial charge >= 0.3 is 0 Å². The van der Waals surface area contributed by atoms with E-state index in [9.17, 15) is 4.79 Å². The molecule has 0 aromatic heterocycles. The van der Waals surface area contributed by atoms with E-state index in [0.29, 0.717) is 6.42 Å². The molecule has 1 heterocycles. The van der Waals surface area contributed by atoms with E-state index < -0.39 is 0 Å². The highest BCUT2D eigenvalue weighted by Crippen LogP contribution is 2.06. The van der Waals surface area contributed by atoms with E-state index >= 15 is 0 Å². The van der Waals surface area contributed by atoms with Crippen molar-refractivity contribution >= 4 is 12.0 Å². The lowest BCUT2D eigenvalue weighted by Gasteiger charge is -2.18. The van der Waals surface area contributed by atoms with Crippen LogP contribution >= 0.6 is 0 Å². The van der Waals surface area contributed by atoms with Gasteiger partial charge in [0.05, 0.1) is 12.1 Å². The molecule has 0 radical (unpaired) electrons. The van der Waals surface area contributed by atoms with Crippen LogP contribution in [0.4, 0.5) is 0 Å². The van der Waals surface area contributed by atoms with Gasteiger partial charge in [-0.1, -0.05) is 42.5 Å². The maximum absolute atomic E-state index is 11.8. The van der Waals surface area contributed by atoms with E-state index in [1.807, 2.05) is 42.5 Å². The topological polar surface area (TPSA) is 50.4 Å². The van der Waals surface area contributed by atoms with Crippen molar-refractivity contribution in [2.75, 3.05) is 20.2 Å². The van der Waals surface area contributed by atoms with Gasteiger partial charge in [-0.05, 0) is 12.0 Å². The summed E-state index contributed by atoms with van der Waals surface area (Å²) < 4.78 is 5.32. The van der Waals surface area contributed by atoms with E-state index in [1.165, 1.54) is 0 Å². The van der Waals surface area contributed by atoms with E-state index in [1.54, 1.807) is 7.11 Å². The summed E-state index contributed by atoms with van der Waals surface area (Å²) in [6.45, 7) is 1.58. The number of nitrogens with one attached hydrogen (secondary N) is 2. The fourth-order valence-corrected chi connectivity index (χ4v) is 2.32. The third-order valence-electron chi connectivity index (χ3n) is 3.46. The fraction of sp³-hybridized carbons (Fsp3) is 0.438. The molecule has 2 rings (SSSR count). The van der Waals surface area contributed by atoms with Crippen molar-refractivity contribution in [3.05, 3.63) is 42.0 Å². The van der Waals surface area contributed by atoms with Gasteiger partial charge in [-0.2, -0.15) is 0 Å². The first-order valence-electron chi connectivity index (χ1n) is 7.04. The second kappa shape index (κ2) is 7.82. The first kappa shape index (κ1) is 14.8. The number of hydrogen-bond donors (Lipinski definition) is 2. The van der Waals surface area contributed by atoms with Crippen LogP contribution in [0.1, 0.15) is 18.4 Å². The summed E-state index contributed by atoms with van der Waals surface area (Å²) in [4.78, 5) is 11.8. The Morgan fingerprint density at radius 2 is 2.20 bits per heavy atom. The van der Waals surface area contributed by atoms with Gasteiger partial charge in [0.25, 0.3) is 0 Å². The van der Waals surface area contributed by atoms with Gasteiger partial charge in [0.2, 0.25) is 5.91 Å². The number of methoxy groups -OCH3 is 1. The molecule has 1 aliphatic heterocycles. The molecule has 1 aromatic rings. The Bertz CT molecular complexity index is 445. The summed E-state index contributed by atoms with van der Waals surface area (Å²) >= 11 is 0. The van der Waals surface area contributed by atoms with Crippen LogP contribution in [-0.4, -0.2) is 38.3 Å². The van der Waals surface area contributed by atoms with Gasteiger partial charge in [-0.3, -0.25) is 4.79 Å². The largest absolute Gasteiger partial charge is 0.378 e.